The third-order valence-electron chi connectivity index (χ3n) is 5.27. The quantitative estimate of drug-likeness (QED) is 0.772. The molecule has 2 atom stereocenters. The molecule has 0 aromatic carbocycles. The van der Waals surface area contributed by atoms with Crippen molar-refractivity contribution in [1.29, 1.82) is 0 Å². The van der Waals surface area contributed by atoms with E-state index in [0.717, 1.165) is 12.5 Å². The molecule has 3 N–H and O–H groups in total. The van der Waals surface area contributed by atoms with Crippen LogP contribution in [-0.4, -0.2) is 18.6 Å². The summed E-state index contributed by atoms with van der Waals surface area (Å²) in [4.78, 5) is 0. The minimum absolute atomic E-state index is 0.0797. The lowest BCUT2D eigenvalue weighted by atomic mass is 9.67. The van der Waals surface area contributed by atoms with E-state index >= 15 is 0 Å². The molecule has 2 heteroatoms. The average Bonchev–Trinajstić information content (AvgIpc) is 2.21. The summed E-state index contributed by atoms with van der Waals surface area (Å²) in [7, 11) is 0. The van der Waals surface area contributed by atoms with E-state index in [9.17, 15) is 0 Å². The number of nitrogens with two attached hydrogens (primary N) is 1. The Morgan fingerprint density at radius 2 is 1.94 bits per heavy atom. The summed E-state index contributed by atoms with van der Waals surface area (Å²) in [6.07, 6.45) is 10.7. The summed E-state index contributed by atoms with van der Waals surface area (Å²) >= 11 is 0. The van der Waals surface area contributed by atoms with Crippen molar-refractivity contribution in [2.75, 3.05) is 13.1 Å². The van der Waals surface area contributed by atoms with Crippen LogP contribution in [0.4, 0.5) is 0 Å². The fourth-order valence-corrected chi connectivity index (χ4v) is 3.77. The number of hydrogen-bond acceptors (Lipinski definition) is 2. The van der Waals surface area contributed by atoms with Gasteiger partial charge in [-0.25, -0.2) is 0 Å². The maximum atomic E-state index is 6.52. The Hall–Kier alpha value is -0.0800. The average molecular weight is 238 g/mol. The normalized spacial score (nSPS) is 36.5. The van der Waals surface area contributed by atoms with Gasteiger partial charge in [-0.05, 0) is 43.4 Å². The van der Waals surface area contributed by atoms with Crippen molar-refractivity contribution in [3.63, 3.8) is 0 Å². The molecule has 2 saturated carbocycles. The van der Waals surface area contributed by atoms with Crippen LogP contribution in [0.1, 0.15) is 65.2 Å². The van der Waals surface area contributed by atoms with Gasteiger partial charge < -0.3 is 11.1 Å². The molecule has 0 spiro atoms. The van der Waals surface area contributed by atoms with Gasteiger partial charge in [0.2, 0.25) is 0 Å². The first-order valence-electron chi connectivity index (χ1n) is 7.57. The summed E-state index contributed by atoms with van der Waals surface area (Å²) in [5.74, 6) is 0.819. The van der Waals surface area contributed by atoms with Crippen molar-refractivity contribution >= 4 is 0 Å². The monoisotopic (exact) mass is 238 g/mol. The van der Waals surface area contributed by atoms with Crippen molar-refractivity contribution in [2.24, 2.45) is 17.1 Å². The first-order chi connectivity index (χ1) is 8.08. The molecule has 2 fully saturated rings. The first kappa shape index (κ1) is 13.4. The van der Waals surface area contributed by atoms with E-state index in [2.05, 4.69) is 19.2 Å². The zero-order valence-electron chi connectivity index (χ0n) is 11.7. The Labute approximate surface area is 107 Å². The Morgan fingerprint density at radius 3 is 2.47 bits per heavy atom. The lowest BCUT2D eigenvalue weighted by molar-refractivity contribution is 0.117. The zero-order valence-corrected chi connectivity index (χ0v) is 11.7. The van der Waals surface area contributed by atoms with Gasteiger partial charge in [-0.1, -0.05) is 33.1 Å². The second kappa shape index (κ2) is 5.27. The van der Waals surface area contributed by atoms with Crippen LogP contribution in [0.5, 0.6) is 0 Å². The van der Waals surface area contributed by atoms with Crippen molar-refractivity contribution < 1.29 is 0 Å². The summed E-state index contributed by atoms with van der Waals surface area (Å²) < 4.78 is 0. The third-order valence-corrected chi connectivity index (χ3v) is 5.27. The van der Waals surface area contributed by atoms with Crippen LogP contribution in [0.2, 0.25) is 0 Å². The topological polar surface area (TPSA) is 38.0 Å². The predicted molar refractivity (Wildman–Crippen MR) is 74.0 cm³/mol. The summed E-state index contributed by atoms with van der Waals surface area (Å²) in [5, 5.41) is 3.68. The molecule has 17 heavy (non-hydrogen) atoms. The maximum Gasteiger partial charge on any atom is 0.0283 e. The molecule has 0 aromatic heterocycles. The largest absolute Gasteiger partial charge is 0.324 e. The Bertz CT molecular complexity index is 242. The molecule has 2 rings (SSSR count). The highest BCUT2D eigenvalue weighted by Gasteiger charge is 2.36. The molecule has 0 aliphatic heterocycles. The van der Waals surface area contributed by atoms with Crippen LogP contribution < -0.4 is 11.1 Å². The molecule has 2 unspecified atom stereocenters. The Balaban J connectivity index is 1.73. The van der Waals surface area contributed by atoms with Crippen LogP contribution in [0, 0.1) is 11.3 Å². The molecular formula is C15H30N2. The zero-order chi connectivity index (χ0) is 12.4. The molecule has 0 amide bonds. The fraction of sp³-hybridized carbons (Fsp3) is 1.00. The molecule has 2 aliphatic rings. The third kappa shape index (κ3) is 3.23. The Morgan fingerprint density at radius 1 is 1.18 bits per heavy atom. The second-order valence-electron chi connectivity index (χ2n) is 6.87. The van der Waals surface area contributed by atoms with Crippen LogP contribution in [0.25, 0.3) is 0 Å². The van der Waals surface area contributed by atoms with Crippen LogP contribution in [0.3, 0.4) is 0 Å². The van der Waals surface area contributed by atoms with E-state index in [1.807, 2.05) is 0 Å². The molecule has 100 valence electrons. The van der Waals surface area contributed by atoms with E-state index in [4.69, 9.17) is 5.73 Å². The van der Waals surface area contributed by atoms with Gasteiger partial charge in [-0.15, -0.1) is 0 Å². The van der Waals surface area contributed by atoms with Gasteiger partial charge in [0.05, 0.1) is 0 Å². The van der Waals surface area contributed by atoms with Gasteiger partial charge >= 0.3 is 0 Å². The highest BCUT2D eigenvalue weighted by molar-refractivity contribution is 4.94. The van der Waals surface area contributed by atoms with E-state index < -0.39 is 0 Å². The highest BCUT2D eigenvalue weighted by Crippen LogP contribution is 2.43. The fourth-order valence-electron chi connectivity index (χ4n) is 3.77. The van der Waals surface area contributed by atoms with Crippen molar-refractivity contribution in [2.45, 2.75) is 70.8 Å². The standard InChI is InChI=1S/C15H30N2/c1-3-14(7-5-8-14)11-17-12-15(16)9-4-6-13(2)10-15/h13,17H,3-12,16H2,1-2H3. The minimum Gasteiger partial charge on any atom is -0.324 e. The highest BCUT2D eigenvalue weighted by atomic mass is 14.9. The van der Waals surface area contributed by atoms with Crippen LogP contribution in [0.15, 0.2) is 0 Å². The maximum absolute atomic E-state index is 6.52. The number of nitrogens with one attached hydrogen (secondary N) is 1. The van der Waals surface area contributed by atoms with Crippen LogP contribution >= 0.6 is 0 Å². The van der Waals surface area contributed by atoms with E-state index in [-0.39, 0.29) is 5.54 Å². The lowest BCUT2D eigenvalue weighted by Crippen LogP contribution is -2.53. The number of rotatable bonds is 5. The summed E-state index contributed by atoms with van der Waals surface area (Å²) in [6.45, 7) is 6.90. The Kier molecular flexibility index (Phi) is 4.14. The molecule has 0 radical (unpaired) electrons. The molecule has 0 aromatic rings. The summed E-state index contributed by atoms with van der Waals surface area (Å²) in [6, 6.07) is 0. The van der Waals surface area contributed by atoms with Crippen molar-refractivity contribution in [3.05, 3.63) is 0 Å². The van der Waals surface area contributed by atoms with Gasteiger partial charge in [0, 0.05) is 18.6 Å². The molecular weight excluding hydrogens is 208 g/mol. The van der Waals surface area contributed by atoms with E-state index in [1.54, 1.807) is 0 Å². The van der Waals surface area contributed by atoms with Gasteiger partial charge in [0.15, 0.2) is 0 Å². The van der Waals surface area contributed by atoms with Crippen LogP contribution in [-0.2, 0) is 0 Å². The number of hydrogen-bond donors (Lipinski definition) is 2. The van der Waals surface area contributed by atoms with Crippen molar-refractivity contribution in [1.82, 2.24) is 5.32 Å². The predicted octanol–water partition coefficient (Wildman–Crippen LogP) is 3.06. The minimum atomic E-state index is 0.0797. The molecule has 0 bridgehead atoms. The first-order valence-corrected chi connectivity index (χ1v) is 7.57. The summed E-state index contributed by atoms with van der Waals surface area (Å²) in [5.41, 5.74) is 7.22. The van der Waals surface area contributed by atoms with Crippen molar-refractivity contribution in [3.8, 4) is 0 Å². The van der Waals surface area contributed by atoms with Gasteiger partial charge in [-0.2, -0.15) is 0 Å². The van der Waals surface area contributed by atoms with Gasteiger partial charge in [-0.3, -0.25) is 0 Å². The molecule has 2 aliphatic carbocycles. The van der Waals surface area contributed by atoms with Gasteiger partial charge in [0.1, 0.15) is 0 Å². The molecule has 2 nitrogen and oxygen atoms in total. The van der Waals surface area contributed by atoms with Gasteiger partial charge in [0.25, 0.3) is 0 Å². The SMILES string of the molecule is CCC1(CNCC2(N)CCCC(C)C2)CCC1. The van der Waals surface area contributed by atoms with E-state index in [1.165, 1.54) is 57.9 Å². The molecule has 0 heterocycles. The second-order valence-corrected chi connectivity index (χ2v) is 6.87. The molecule has 0 saturated heterocycles. The lowest BCUT2D eigenvalue weighted by Gasteiger charge is -2.43. The smallest absolute Gasteiger partial charge is 0.0283 e. The van der Waals surface area contributed by atoms with E-state index in [0.29, 0.717) is 5.41 Å².